The lowest BCUT2D eigenvalue weighted by molar-refractivity contribution is 0.579. The van der Waals surface area contributed by atoms with E-state index in [1.807, 2.05) is 0 Å². The molecule has 3 nitrogen and oxygen atoms in total. The third-order valence-corrected chi connectivity index (χ3v) is 6.08. The standard InChI is InChI=1S/C11H23NO2S2/c1-2-16(13,14)9-5-7-12-10-11-6-3-4-8-15-11/h11-12H,2-10H2,1H3. The maximum Gasteiger partial charge on any atom is 0.150 e. The van der Waals surface area contributed by atoms with E-state index in [0.717, 1.165) is 24.8 Å². The van der Waals surface area contributed by atoms with Gasteiger partial charge in [0, 0.05) is 17.5 Å². The van der Waals surface area contributed by atoms with Gasteiger partial charge in [0.05, 0.1) is 5.75 Å². The molecule has 1 unspecified atom stereocenters. The van der Waals surface area contributed by atoms with Crippen molar-refractivity contribution in [3.63, 3.8) is 0 Å². The highest BCUT2D eigenvalue weighted by Crippen LogP contribution is 2.24. The molecule has 1 rings (SSSR count). The second-order valence-corrected chi connectivity index (χ2v) is 8.16. The van der Waals surface area contributed by atoms with E-state index >= 15 is 0 Å². The lowest BCUT2D eigenvalue weighted by atomic mass is 10.2. The van der Waals surface area contributed by atoms with Gasteiger partial charge in [-0.2, -0.15) is 11.8 Å². The molecule has 0 spiro atoms. The molecule has 1 heterocycles. The first-order valence-corrected chi connectivity index (χ1v) is 9.04. The van der Waals surface area contributed by atoms with Crippen molar-refractivity contribution in [2.24, 2.45) is 0 Å². The first-order chi connectivity index (χ1) is 7.64. The molecular weight excluding hydrogens is 242 g/mol. The Morgan fingerprint density at radius 2 is 2.19 bits per heavy atom. The molecule has 0 aliphatic carbocycles. The average Bonchev–Trinajstić information content (AvgIpc) is 2.30. The van der Waals surface area contributed by atoms with E-state index < -0.39 is 9.84 Å². The number of nitrogens with one attached hydrogen (secondary N) is 1. The summed E-state index contributed by atoms with van der Waals surface area (Å²) in [6.07, 6.45) is 4.76. The smallest absolute Gasteiger partial charge is 0.150 e. The van der Waals surface area contributed by atoms with E-state index in [4.69, 9.17) is 0 Å². The summed E-state index contributed by atoms with van der Waals surface area (Å²) in [5, 5.41) is 4.11. The highest BCUT2D eigenvalue weighted by atomic mass is 32.2. The van der Waals surface area contributed by atoms with Crippen molar-refractivity contribution >= 4 is 21.6 Å². The minimum Gasteiger partial charge on any atom is -0.316 e. The number of hydrogen-bond acceptors (Lipinski definition) is 4. The van der Waals surface area contributed by atoms with Gasteiger partial charge >= 0.3 is 0 Å². The molecule has 0 radical (unpaired) electrons. The molecule has 1 aliphatic heterocycles. The fraction of sp³-hybridized carbons (Fsp3) is 1.00. The number of rotatable bonds is 7. The molecule has 0 aromatic carbocycles. The van der Waals surface area contributed by atoms with Crippen LogP contribution in [0, 0.1) is 0 Å². The van der Waals surface area contributed by atoms with Crippen molar-refractivity contribution in [2.45, 2.75) is 37.9 Å². The van der Waals surface area contributed by atoms with Crippen LogP contribution in [0.1, 0.15) is 32.6 Å². The van der Waals surface area contributed by atoms with Crippen molar-refractivity contribution in [1.29, 1.82) is 0 Å². The predicted octanol–water partition coefficient (Wildman–Crippen LogP) is 1.69. The highest BCUT2D eigenvalue weighted by molar-refractivity contribution is 7.99. The van der Waals surface area contributed by atoms with Gasteiger partial charge in [0.2, 0.25) is 0 Å². The van der Waals surface area contributed by atoms with Crippen LogP contribution in [-0.2, 0) is 9.84 Å². The van der Waals surface area contributed by atoms with Gasteiger partial charge in [-0.15, -0.1) is 0 Å². The SMILES string of the molecule is CCS(=O)(=O)CCCNCC1CCCCS1. The van der Waals surface area contributed by atoms with Crippen LogP contribution >= 0.6 is 11.8 Å². The Hall–Kier alpha value is 0.260. The van der Waals surface area contributed by atoms with Gasteiger partial charge in [-0.1, -0.05) is 13.3 Å². The van der Waals surface area contributed by atoms with Crippen LogP contribution in [0.25, 0.3) is 0 Å². The Morgan fingerprint density at radius 3 is 2.81 bits per heavy atom. The highest BCUT2D eigenvalue weighted by Gasteiger charge is 2.13. The molecule has 1 atom stereocenters. The molecule has 0 amide bonds. The lowest BCUT2D eigenvalue weighted by Crippen LogP contribution is -2.28. The summed E-state index contributed by atoms with van der Waals surface area (Å²) in [5.41, 5.74) is 0. The Kier molecular flexibility index (Phi) is 6.77. The predicted molar refractivity (Wildman–Crippen MR) is 71.9 cm³/mol. The Balaban J connectivity index is 1.99. The number of hydrogen-bond donors (Lipinski definition) is 1. The van der Waals surface area contributed by atoms with Gasteiger partial charge in [-0.3, -0.25) is 0 Å². The topological polar surface area (TPSA) is 46.2 Å². The van der Waals surface area contributed by atoms with Gasteiger partial charge < -0.3 is 5.32 Å². The zero-order valence-electron chi connectivity index (χ0n) is 10.1. The zero-order chi connectivity index (χ0) is 11.9. The number of thioether (sulfide) groups is 1. The molecule has 1 aliphatic rings. The fourth-order valence-corrected chi connectivity index (χ4v) is 3.94. The molecule has 96 valence electrons. The molecule has 0 saturated carbocycles. The molecule has 0 aromatic heterocycles. The van der Waals surface area contributed by atoms with Crippen molar-refractivity contribution < 1.29 is 8.42 Å². The van der Waals surface area contributed by atoms with Crippen LogP contribution in [0.2, 0.25) is 0 Å². The van der Waals surface area contributed by atoms with Crippen LogP contribution in [-0.4, -0.2) is 44.0 Å². The molecule has 5 heteroatoms. The summed E-state index contributed by atoms with van der Waals surface area (Å²) < 4.78 is 22.5. The van der Waals surface area contributed by atoms with E-state index in [0.29, 0.717) is 5.75 Å². The molecule has 16 heavy (non-hydrogen) atoms. The first kappa shape index (κ1) is 14.3. The van der Waals surface area contributed by atoms with Crippen LogP contribution in [0.15, 0.2) is 0 Å². The van der Waals surface area contributed by atoms with Gasteiger partial charge in [-0.05, 0) is 31.6 Å². The quantitative estimate of drug-likeness (QED) is 0.712. The third kappa shape index (κ3) is 6.11. The van der Waals surface area contributed by atoms with Gasteiger partial charge in [0.15, 0.2) is 0 Å². The van der Waals surface area contributed by atoms with Crippen LogP contribution in [0.4, 0.5) is 0 Å². The molecule has 0 aromatic rings. The summed E-state index contributed by atoms with van der Waals surface area (Å²) in [5.74, 6) is 1.89. The van der Waals surface area contributed by atoms with E-state index in [2.05, 4.69) is 17.1 Å². The van der Waals surface area contributed by atoms with Crippen molar-refractivity contribution in [3.8, 4) is 0 Å². The summed E-state index contributed by atoms with van der Waals surface area (Å²) in [4.78, 5) is 0. The van der Waals surface area contributed by atoms with Crippen molar-refractivity contribution in [1.82, 2.24) is 5.32 Å². The summed E-state index contributed by atoms with van der Waals surface area (Å²) in [7, 11) is -2.77. The molecule has 1 N–H and O–H groups in total. The van der Waals surface area contributed by atoms with Crippen LogP contribution in [0.3, 0.4) is 0 Å². The first-order valence-electron chi connectivity index (χ1n) is 6.17. The average molecular weight is 265 g/mol. The second-order valence-electron chi connectivity index (χ2n) is 4.28. The minimum absolute atomic E-state index is 0.269. The maximum absolute atomic E-state index is 11.2. The maximum atomic E-state index is 11.2. The summed E-state index contributed by atoms with van der Waals surface area (Å²) >= 11 is 2.05. The van der Waals surface area contributed by atoms with Crippen LogP contribution in [0.5, 0.6) is 0 Å². The molecule has 1 saturated heterocycles. The second kappa shape index (κ2) is 7.56. The normalized spacial score (nSPS) is 22.2. The molecule has 0 bridgehead atoms. The molecular formula is C11H23NO2S2. The van der Waals surface area contributed by atoms with E-state index in [1.54, 1.807) is 6.92 Å². The third-order valence-electron chi connectivity index (χ3n) is 2.89. The van der Waals surface area contributed by atoms with Crippen molar-refractivity contribution in [3.05, 3.63) is 0 Å². The summed E-state index contributed by atoms with van der Waals surface area (Å²) in [6.45, 7) is 3.58. The largest absolute Gasteiger partial charge is 0.316 e. The Morgan fingerprint density at radius 1 is 1.38 bits per heavy atom. The fourth-order valence-electron chi connectivity index (χ4n) is 1.79. The van der Waals surface area contributed by atoms with E-state index in [-0.39, 0.29) is 5.75 Å². The van der Waals surface area contributed by atoms with E-state index in [1.165, 1.54) is 25.0 Å². The van der Waals surface area contributed by atoms with Crippen molar-refractivity contribution in [2.75, 3.05) is 30.3 Å². The Labute approximate surface area is 104 Å². The Bertz CT molecular complexity index is 272. The zero-order valence-corrected chi connectivity index (χ0v) is 11.7. The van der Waals surface area contributed by atoms with Gasteiger partial charge in [0.25, 0.3) is 0 Å². The van der Waals surface area contributed by atoms with Gasteiger partial charge in [-0.25, -0.2) is 8.42 Å². The van der Waals surface area contributed by atoms with Gasteiger partial charge in [0.1, 0.15) is 9.84 Å². The summed E-state index contributed by atoms with van der Waals surface area (Å²) in [6, 6.07) is 0. The number of sulfone groups is 1. The van der Waals surface area contributed by atoms with Crippen LogP contribution < -0.4 is 5.32 Å². The minimum atomic E-state index is -2.77. The van der Waals surface area contributed by atoms with E-state index in [9.17, 15) is 8.42 Å². The molecule has 1 fully saturated rings. The monoisotopic (exact) mass is 265 g/mol. The lowest BCUT2D eigenvalue weighted by Gasteiger charge is -2.21.